The van der Waals surface area contributed by atoms with E-state index in [-0.39, 0.29) is 0 Å². The van der Waals surface area contributed by atoms with Crippen molar-refractivity contribution in [2.24, 2.45) is 5.10 Å². The van der Waals surface area contributed by atoms with Crippen molar-refractivity contribution in [1.29, 1.82) is 0 Å². The van der Waals surface area contributed by atoms with Crippen LogP contribution in [0.5, 0.6) is 11.5 Å². The lowest BCUT2D eigenvalue weighted by atomic mass is 10.1. The molecule has 0 aliphatic carbocycles. The molecular formula is C28H25BrClN3O5S. The number of nitrogens with one attached hydrogen (secondary N) is 1. The molecule has 0 heterocycles. The first-order valence-electron chi connectivity index (χ1n) is 11.7. The van der Waals surface area contributed by atoms with Crippen LogP contribution in [-0.4, -0.2) is 40.4 Å². The lowest BCUT2D eigenvalue weighted by Crippen LogP contribution is -2.39. The average molecular weight is 631 g/mol. The van der Waals surface area contributed by atoms with Crippen molar-refractivity contribution >= 4 is 66.1 Å². The number of anilines is 1. The van der Waals surface area contributed by atoms with Crippen molar-refractivity contribution in [2.75, 3.05) is 24.2 Å². The molecule has 0 bridgehead atoms. The van der Waals surface area contributed by atoms with Crippen LogP contribution in [-0.2, 0) is 21.4 Å². The van der Waals surface area contributed by atoms with E-state index in [1.165, 1.54) is 13.3 Å². The summed E-state index contributed by atoms with van der Waals surface area (Å²) in [7, 11) is -2.23. The molecule has 0 spiro atoms. The van der Waals surface area contributed by atoms with Gasteiger partial charge in [-0.25, -0.2) is 13.8 Å². The molecule has 0 saturated carbocycles. The summed E-state index contributed by atoms with van der Waals surface area (Å²) in [4.78, 5) is 12.7. The Kier molecular flexibility index (Phi) is 9.11. The monoisotopic (exact) mass is 629 g/mol. The van der Waals surface area contributed by atoms with Gasteiger partial charge < -0.3 is 9.47 Å². The molecule has 202 valence electrons. The standard InChI is InChI=1S/C28H25BrClN3O5S/c1-37-26-15-20(14-24(29)28(26)38-18-19-10-12-22(30)13-11-19)16-31-32-27(34)17-33(39(2,35)36)25-9-5-7-21-6-3-4-8-23(21)25/h3-16H,17-18H2,1-2H3,(H,32,34)/b31-16-. The highest BCUT2D eigenvalue weighted by atomic mass is 79.9. The lowest BCUT2D eigenvalue weighted by Gasteiger charge is -2.23. The van der Waals surface area contributed by atoms with Crippen LogP contribution in [0.1, 0.15) is 11.1 Å². The van der Waals surface area contributed by atoms with Crippen LogP contribution in [0.25, 0.3) is 10.8 Å². The first-order chi connectivity index (χ1) is 18.7. The fourth-order valence-corrected chi connectivity index (χ4v) is 5.41. The third-order valence-corrected chi connectivity index (χ3v) is 7.64. The zero-order valence-corrected chi connectivity index (χ0v) is 24.3. The summed E-state index contributed by atoms with van der Waals surface area (Å²) in [5.41, 5.74) is 4.37. The van der Waals surface area contributed by atoms with Gasteiger partial charge in [-0.3, -0.25) is 9.10 Å². The number of hydrazone groups is 1. The second-order valence-corrected chi connectivity index (χ2v) is 11.7. The molecule has 4 aromatic rings. The summed E-state index contributed by atoms with van der Waals surface area (Å²) in [5, 5.41) is 6.23. The maximum Gasteiger partial charge on any atom is 0.260 e. The Morgan fingerprint density at radius 3 is 2.51 bits per heavy atom. The Bertz CT molecular complexity index is 1620. The molecule has 4 rings (SSSR count). The number of amides is 1. The van der Waals surface area contributed by atoms with E-state index < -0.39 is 22.5 Å². The molecule has 4 aromatic carbocycles. The first kappa shape index (κ1) is 28.4. The average Bonchev–Trinajstić information content (AvgIpc) is 2.91. The van der Waals surface area contributed by atoms with E-state index in [9.17, 15) is 13.2 Å². The van der Waals surface area contributed by atoms with Crippen LogP contribution in [0, 0.1) is 0 Å². The van der Waals surface area contributed by atoms with Crippen molar-refractivity contribution < 1.29 is 22.7 Å². The van der Waals surface area contributed by atoms with Crippen LogP contribution in [0.3, 0.4) is 0 Å². The molecule has 8 nitrogen and oxygen atoms in total. The third kappa shape index (κ3) is 7.29. The molecule has 1 N–H and O–H groups in total. The van der Waals surface area contributed by atoms with Gasteiger partial charge in [0.2, 0.25) is 10.0 Å². The lowest BCUT2D eigenvalue weighted by molar-refractivity contribution is -0.119. The Morgan fingerprint density at radius 2 is 1.79 bits per heavy atom. The molecule has 0 aliphatic rings. The predicted molar refractivity (Wildman–Crippen MR) is 158 cm³/mol. The van der Waals surface area contributed by atoms with E-state index in [0.717, 1.165) is 26.9 Å². The number of carbonyl (C=O) groups is 1. The largest absolute Gasteiger partial charge is 0.493 e. The highest BCUT2D eigenvalue weighted by Gasteiger charge is 2.22. The van der Waals surface area contributed by atoms with Crippen LogP contribution in [0.2, 0.25) is 5.02 Å². The fraction of sp³-hybridized carbons (Fsp3) is 0.143. The molecule has 0 unspecified atom stereocenters. The summed E-state index contributed by atoms with van der Waals surface area (Å²) in [5.74, 6) is 0.372. The predicted octanol–water partition coefficient (Wildman–Crippen LogP) is 5.76. The number of rotatable bonds is 10. The van der Waals surface area contributed by atoms with E-state index in [1.54, 1.807) is 36.4 Å². The number of benzene rings is 4. The van der Waals surface area contributed by atoms with Crippen molar-refractivity contribution in [3.05, 3.63) is 99.5 Å². The Morgan fingerprint density at radius 1 is 1.08 bits per heavy atom. The summed E-state index contributed by atoms with van der Waals surface area (Å²) >= 11 is 9.43. The second kappa shape index (κ2) is 12.5. The molecule has 0 radical (unpaired) electrons. The molecule has 1 amide bonds. The number of halogens is 2. The van der Waals surface area contributed by atoms with E-state index in [2.05, 4.69) is 26.5 Å². The van der Waals surface area contributed by atoms with Crippen LogP contribution >= 0.6 is 27.5 Å². The fourth-order valence-electron chi connectivity index (χ4n) is 3.84. The zero-order chi connectivity index (χ0) is 28.0. The molecule has 0 aromatic heterocycles. The summed E-state index contributed by atoms with van der Waals surface area (Å²) < 4.78 is 38.3. The van der Waals surface area contributed by atoms with Gasteiger partial charge in [0.05, 0.1) is 29.7 Å². The molecule has 0 fully saturated rings. The Balaban J connectivity index is 1.45. The van der Waals surface area contributed by atoms with Gasteiger partial charge in [0.25, 0.3) is 5.91 Å². The van der Waals surface area contributed by atoms with Crippen molar-refractivity contribution in [3.8, 4) is 11.5 Å². The van der Waals surface area contributed by atoms with Gasteiger partial charge in [-0.15, -0.1) is 0 Å². The van der Waals surface area contributed by atoms with Crippen molar-refractivity contribution in [1.82, 2.24) is 5.43 Å². The van der Waals surface area contributed by atoms with Crippen LogP contribution < -0.4 is 19.2 Å². The molecular weight excluding hydrogens is 606 g/mol. The highest BCUT2D eigenvalue weighted by Crippen LogP contribution is 2.37. The number of sulfonamides is 1. The van der Waals surface area contributed by atoms with Gasteiger partial charge in [-0.2, -0.15) is 5.10 Å². The minimum atomic E-state index is -3.75. The number of fused-ring (bicyclic) bond motifs is 1. The minimum Gasteiger partial charge on any atom is -0.493 e. The summed E-state index contributed by atoms with van der Waals surface area (Å²) in [6, 6.07) is 23.5. The SMILES string of the molecule is COc1cc(/C=N\NC(=O)CN(c2cccc3ccccc23)S(C)(=O)=O)cc(Br)c1OCc1ccc(Cl)cc1. The smallest absolute Gasteiger partial charge is 0.260 e. The maximum absolute atomic E-state index is 12.7. The van der Waals surface area contributed by atoms with E-state index in [4.69, 9.17) is 21.1 Å². The summed E-state index contributed by atoms with van der Waals surface area (Å²) in [6.07, 6.45) is 2.49. The molecule has 0 saturated heterocycles. The van der Waals surface area contributed by atoms with Crippen LogP contribution in [0.4, 0.5) is 5.69 Å². The van der Waals surface area contributed by atoms with Gasteiger partial charge in [-0.1, -0.05) is 60.1 Å². The highest BCUT2D eigenvalue weighted by molar-refractivity contribution is 9.10. The quantitative estimate of drug-likeness (QED) is 0.178. The normalized spacial score (nSPS) is 11.5. The van der Waals surface area contributed by atoms with Gasteiger partial charge in [0.15, 0.2) is 11.5 Å². The first-order valence-corrected chi connectivity index (χ1v) is 14.7. The maximum atomic E-state index is 12.7. The number of hydrogen-bond acceptors (Lipinski definition) is 6. The van der Waals surface area contributed by atoms with E-state index in [1.807, 2.05) is 42.5 Å². The number of nitrogens with zero attached hydrogens (tertiary/aromatic N) is 2. The van der Waals surface area contributed by atoms with Gasteiger partial charge >= 0.3 is 0 Å². The van der Waals surface area contributed by atoms with Gasteiger partial charge in [-0.05, 0) is 62.8 Å². The summed E-state index contributed by atoms with van der Waals surface area (Å²) in [6.45, 7) is -0.127. The van der Waals surface area contributed by atoms with Crippen molar-refractivity contribution in [2.45, 2.75) is 6.61 Å². The van der Waals surface area contributed by atoms with E-state index >= 15 is 0 Å². The number of carbonyl (C=O) groups excluding carboxylic acids is 1. The van der Waals surface area contributed by atoms with Gasteiger partial charge in [0.1, 0.15) is 13.2 Å². The molecule has 11 heteroatoms. The molecule has 0 atom stereocenters. The topological polar surface area (TPSA) is 97.3 Å². The number of hydrogen-bond donors (Lipinski definition) is 1. The molecule has 0 aliphatic heterocycles. The third-order valence-electron chi connectivity index (χ3n) is 5.67. The zero-order valence-electron chi connectivity index (χ0n) is 21.1. The Hall–Kier alpha value is -3.60. The number of ether oxygens (including phenoxy) is 2. The molecule has 39 heavy (non-hydrogen) atoms. The van der Waals surface area contributed by atoms with E-state index in [0.29, 0.717) is 38.9 Å². The minimum absolute atomic E-state index is 0.309. The number of methoxy groups -OCH3 is 1. The van der Waals surface area contributed by atoms with Gasteiger partial charge in [0, 0.05) is 10.4 Å². The second-order valence-electron chi connectivity index (χ2n) is 8.51. The van der Waals surface area contributed by atoms with Crippen LogP contribution in [0.15, 0.2) is 88.4 Å². The Labute approximate surface area is 240 Å². The van der Waals surface area contributed by atoms with Crippen molar-refractivity contribution in [3.63, 3.8) is 0 Å².